The predicted octanol–water partition coefficient (Wildman–Crippen LogP) is 2.72. The Kier molecular flexibility index (Phi) is 4.36. The highest BCUT2D eigenvalue weighted by Gasteiger charge is 2.57. The molecule has 2 heterocycles. The predicted molar refractivity (Wildman–Crippen MR) is 102 cm³/mol. The van der Waals surface area contributed by atoms with Crippen molar-refractivity contribution in [1.29, 1.82) is 0 Å². The first kappa shape index (κ1) is 18.6. The zero-order chi connectivity index (χ0) is 19.5. The molecule has 4 atom stereocenters. The van der Waals surface area contributed by atoms with Crippen molar-refractivity contribution in [1.82, 2.24) is 10.1 Å². The Labute approximate surface area is 166 Å². The fourth-order valence-electron chi connectivity index (χ4n) is 7.32. The van der Waals surface area contributed by atoms with E-state index in [-0.39, 0.29) is 23.3 Å². The molecule has 5 fully saturated rings. The molecule has 1 aliphatic heterocycles. The Morgan fingerprint density at radius 3 is 2.68 bits per heavy atom. The zero-order valence-corrected chi connectivity index (χ0v) is 17.0. The minimum absolute atomic E-state index is 0.0264. The number of aryl methyl sites for hydroxylation is 1. The SMILES string of the molecule is CO[C@H]1CN(C(=O)CC23CC4CC(CC(O)(C4)C2)C3)C[C@H]1Cc1cc(C)no1. The normalized spacial score (nSPS) is 41.8. The average Bonchev–Trinajstić information content (AvgIpc) is 3.18. The van der Waals surface area contributed by atoms with E-state index >= 15 is 0 Å². The Bertz CT molecular complexity index is 745. The second kappa shape index (κ2) is 6.56. The molecule has 0 aromatic carbocycles. The third-order valence-electron chi connectivity index (χ3n) is 7.85. The molecule has 4 saturated carbocycles. The van der Waals surface area contributed by atoms with Crippen molar-refractivity contribution >= 4 is 5.91 Å². The summed E-state index contributed by atoms with van der Waals surface area (Å²) in [5.74, 6) is 2.58. The summed E-state index contributed by atoms with van der Waals surface area (Å²) in [5, 5.41) is 14.9. The van der Waals surface area contributed by atoms with E-state index in [1.54, 1.807) is 7.11 Å². The summed E-state index contributed by atoms with van der Waals surface area (Å²) in [6, 6.07) is 1.97. The van der Waals surface area contributed by atoms with Gasteiger partial charge in [0, 0.05) is 45.0 Å². The highest BCUT2D eigenvalue weighted by atomic mass is 16.5. The minimum Gasteiger partial charge on any atom is -0.390 e. The number of hydrogen-bond donors (Lipinski definition) is 1. The van der Waals surface area contributed by atoms with Gasteiger partial charge >= 0.3 is 0 Å². The van der Waals surface area contributed by atoms with E-state index in [0.29, 0.717) is 31.3 Å². The van der Waals surface area contributed by atoms with Crippen LogP contribution in [0.5, 0.6) is 0 Å². The van der Waals surface area contributed by atoms with Crippen molar-refractivity contribution in [3.8, 4) is 0 Å². The molecule has 1 saturated heterocycles. The number of carbonyl (C=O) groups is 1. The number of nitrogens with zero attached hydrogens (tertiary/aromatic N) is 2. The standard InChI is InChI=1S/C22H32N2O4/c1-14-3-18(28-23-14)5-17-11-24(12-19(17)27-2)20(25)10-21-6-15-4-16(7-21)9-22(26,8-15)13-21/h3,15-17,19,26H,4-13H2,1-2H3/t15?,16?,17-,19+,21?,22?/m1/s1. The van der Waals surface area contributed by atoms with Gasteiger partial charge in [-0.1, -0.05) is 5.16 Å². The van der Waals surface area contributed by atoms with Crippen molar-refractivity contribution in [3.05, 3.63) is 17.5 Å². The molecule has 6 nitrogen and oxygen atoms in total. The lowest BCUT2D eigenvalue weighted by Crippen LogP contribution is -2.56. The van der Waals surface area contributed by atoms with E-state index in [0.717, 1.165) is 50.0 Å². The highest BCUT2D eigenvalue weighted by Crippen LogP contribution is 2.63. The molecule has 1 aromatic rings. The summed E-state index contributed by atoms with van der Waals surface area (Å²) in [6.07, 6.45) is 7.61. The van der Waals surface area contributed by atoms with Gasteiger partial charge in [-0.2, -0.15) is 0 Å². The molecule has 4 aliphatic carbocycles. The maximum Gasteiger partial charge on any atom is 0.223 e. The van der Waals surface area contributed by atoms with Crippen molar-refractivity contribution in [3.63, 3.8) is 0 Å². The first-order valence-electron chi connectivity index (χ1n) is 10.8. The quantitative estimate of drug-likeness (QED) is 0.839. The van der Waals surface area contributed by atoms with Crippen LogP contribution >= 0.6 is 0 Å². The average molecular weight is 389 g/mol. The van der Waals surface area contributed by atoms with Crippen LogP contribution in [0, 0.1) is 30.1 Å². The van der Waals surface area contributed by atoms with E-state index in [1.165, 1.54) is 6.42 Å². The van der Waals surface area contributed by atoms with E-state index in [9.17, 15) is 9.90 Å². The van der Waals surface area contributed by atoms with Gasteiger partial charge in [0.2, 0.25) is 5.91 Å². The van der Waals surface area contributed by atoms with Crippen LogP contribution in [-0.4, -0.2) is 53.0 Å². The number of carbonyl (C=O) groups excluding carboxylic acids is 1. The third kappa shape index (κ3) is 3.28. The van der Waals surface area contributed by atoms with Gasteiger partial charge in [-0.3, -0.25) is 4.79 Å². The first-order valence-corrected chi connectivity index (χ1v) is 10.8. The third-order valence-corrected chi connectivity index (χ3v) is 7.85. The largest absolute Gasteiger partial charge is 0.390 e. The van der Waals surface area contributed by atoms with Crippen LogP contribution in [0.4, 0.5) is 0 Å². The molecule has 0 spiro atoms. The van der Waals surface area contributed by atoms with Crippen molar-refractivity contribution in [2.75, 3.05) is 20.2 Å². The van der Waals surface area contributed by atoms with E-state index < -0.39 is 5.60 Å². The van der Waals surface area contributed by atoms with Gasteiger partial charge in [0.15, 0.2) is 0 Å². The lowest BCUT2D eigenvalue weighted by atomic mass is 9.47. The molecule has 1 aromatic heterocycles. The Morgan fingerprint density at radius 1 is 1.32 bits per heavy atom. The van der Waals surface area contributed by atoms with Gasteiger partial charge in [-0.15, -0.1) is 0 Å². The van der Waals surface area contributed by atoms with Gasteiger partial charge in [0.1, 0.15) is 5.76 Å². The van der Waals surface area contributed by atoms with Crippen molar-refractivity contribution in [2.45, 2.75) is 70.0 Å². The smallest absolute Gasteiger partial charge is 0.223 e. The number of aliphatic hydroxyl groups is 1. The molecule has 1 amide bonds. The molecule has 6 rings (SSSR count). The van der Waals surface area contributed by atoms with Crippen LogP contribution in [0.3, 0.4) is 0 Å². The number of amides is 1. The lowest BCUT2D eigenvalue weighted by Gasteiger charge is -2.60. The Morgan fingerprint density at radius 2 is 2.07 bits per heavy atom. The van der Waals surface area contributed by atoms with Gasteiger partial charge in [0.05, 0.1) is 17.4 Å². The summed E-state index contributed by atoms with van der Waals surface area (Å²) in [5.41, 5.74) is 0.407. The number of hydrogen-bond acceptors (Lipinski definition) is 5. The molecule has 2 unspecified atom stereocenters. The number of likely N-dealkylation sites (tertiary alicyclic amines) is 1. The van der Waals surface area contributed by atoms with Crippen molar-refractivity contribution < 1.29 is 19.2 Å². The van der Waals surface area contributed by atoms with Crippen LogP contribution in [0.25, 0.3) is 0 Å². The number of ether oxygens (including phenoxy) is 1. The van der Waals surface area contributed by atoms with Gasteiger partial charge < -0.3 is 19.3 Å². The summed E-state index contributed by atoms with van der Waals surface area (Å²) in [6.45, 7) is 3.29. The molecular formula is C22H32N2O4. The molecule has 0 radical (unpaired) electrons. The topological polar surface area (TPSA) is 75.8 Å². The number of aromatic nitrogens is 1. The Balaban J connectivity index is 1.26. The number of rotatable bonds is 5. The molecule has 5 aliphatic rings. The summed E-state index contributed by atoms with van der Waals surface area (Å²) in [7, 11) is 1.73. The van der Waals surface area contributed by atoms with Crippen molar-refractivity contribution in [2.24, 2.45) is 23.2 Å². The van der Waals surface area contributed by atoms with Gasteiger partial charge in [0.25, 0.3) is 0 Å². The fraction of sp³-hybridized carbons (Fsp3) is 0.818. The highest BCUT2D eigenvalue weighted by molar-refractivity contribution is 5.77. The van der Waals surface area contributed by atoms with Crippen LogP contribution in [0.15, 0.2) is 10.6 Å². The monoisotopic (exact) mass is 388 g/mol. The summed E-state index contributed by atoms with van der Waals surface area (Å²) in [4.78, 5) is 15.2. The molecule has 4 bridgehead atoms. The first-order chi connectivity index (χ1) is 13.4. The second-order valence-electron chi connectivity index (χ2n) is 10.3. The molecular weight excluding hydrogens is 356 g/mol. The lowest BCUT2D eigenvalue weighted by molar-refractivity contribution is -0.171. The molecule has 6 heteroatoms. The van der Waals surface area contributed by atoms with Crippen LogP contribution in [0.1, 0.15) is 56.4 Å². The maximum absolute atomic E-state index is 13.3. The summed E-state index contributed by atoms with van der Waals surface area (Å²) < 4.78 is 11.1. The molecule has 154 valence electrons. The second-order valence-corrected chi connectivity index (χ2v) is 10.3. The maximum atomic E-state index is 13.3. The Hall–Kier alpha value is -1.40. The minimum atomic E-state index is -0.503. The summed E-state index contributed by atoms with van der Waals surface area (Å²) >= 11 is 0. The van der Waals surface area contributed by atoms with E-state index in [1.807, 2.05) is 17.9 Å². The molecule has 28 heavy (non-hydrogen) atoms. The van der Waals surface area contributed by atoms with Crippen LogP contribution < -0.4 is 0 Å². The van der Waals surface area contributed by atoms with E-state index in [4.69, 9.17) is 9.26 Å². The van der Waals surface area contributed by atoms with Crippen LogP contribution in [0.2, 0.25) is 0 Å². The fourth-order valence-corrected chi connectivity index (χ4v) is 7.32. The zero-order valence-electron chi connectivity index (χ0n) is 17.0. The van der Waals surface area contributed by atoms with Crippen LogP contribution in [-0.2, 0) is 16.0 Å². The van der Waals surface area contributed by atoms with E-state index in [2.05, 4.69) is 5.16 Å². The van der Waals surface area contributed by atoms with Gasteiger partial charge in [-0.05, 0) is 62.7 Å². The van der Waals surface area contributed by atoms with Gasteiger partial charge in [-0.25, -0.2) is 0 Å². The number of methoxy groups -OCH3 is 1. The molecule has 1 N–H and O–H groups in total.